The number of hydrogen-bond donors (Lipinski definition) is 2. The SMILES string of the molecule is CCNC(=NCCN1CCOCC1)NCCOc1ccccc1. The molecule has 2 rings (SSSR count). The minimum absolute atomic E-state index is 0.609. The largest absolute Gasteiger partial charge is 0.492 e. The van der Waals surface area contributed by atoms with Crippen LogP contribution in [0, 0.1) is 0 Å². The molecule has 23 heavy (non-hydrogen) atoms. The minimum Gasteiger partial charge on any atom is -0.492 e. The number of para-hydroxylation sites is 1. The normalized spacial score (nSPS) is 16.1. The zero-order chi connectivity index (χ0) is 16.2. The minimum atomic E-state index is 0.609. The Morgan fingerprint density at radius 3 is 2.74 bits per heavy atom. The molecule has 0 aromatic heterocycles. The molecule has 0 saturated carbocycles. The van der Waals surface area contributed by atoms with Crippen LogP contribution in [-0.4, -0.2) is 69.9 Å². The zero-order valence-electron chi connectivity index (χ0n) is 14.0. The van der Waals surface area contributed by atoms with E-state index in [1.54, 1.807) is 0 Å². The third-order valence-electron chi connectivity index (χ3n) is 3.54. The summed E-state index contributed by atoms with van der Waals surface area (Å²) in [6, 6.07) is 9.85. The summed E-state index contributed by atoms with van der Waals surface area (Å²) in [7, 11) is 0. The van der Waals surface area contributed by atoms with E-state index >= 15 is 0 Å². The number of aliphatic imine (C=N–C) groups is 1. The molecule has 1 aliphatic heterocycles. The molecule has 2 N–H and O–H groups in total. The van der Waals surface area contributed by atoms with Gasteiger partial charge in [-0.1, -0.05) is 18.2 Å². The van der Waals surface area contributed by atoms with Crippen molar-refractivity contribution in [2.75, 3.05) is 59.1 Å². The fraction of sp³-hybridized carbons (Fsp3) is 0.588. The zero-order valence-corrected chi connectivity index (χ0v) is 14.0. The Bertz CT molecular complexity index is 447. The highest BCUT2D eigenvalue weighted by Crippen LogP contribution is 2.07. The summed E-state index contributed by atoms with van der Waals surface area (Å²) >= 11 is 0. The summed E-state index contributed by atoms with van der Waals surface area (Å²) in [6.07, 6.45) is 0. The predicted octanol–water partition coefficient (Wildman–Crippen LogP) is 0.953. The van der Waals surface area contributed by atoms with Crippen molar-refractivity contribution in [3.63, 3.8) is 0 Å². The van der Waals surface area contributed by atoms with Crippen LogP contribution >= 0.6 is 0 Å². The molecule has 0 spiro atoms. The lowest BCUT2D eigenvalue weighted by molar-refractivity contribution is 0.0394. The van der Waals surface area contributed by atoms with Crippen molar-refractivity contribution in [3.05, 3.63) is 30.3 Å². The van der Waals surface area contributed by atoms with Crippen LogP contribution in [0.3, 0.4) is 0 Å². The van der Waals surface area contributed by atoms with Gasteiger partial charge < -0.3 is 20.1 Å². The Hall–Kier alpha value is -1.79. The molecule has 128 valence electrons. The molecule has 1 heterocycles. The average Bonchev–Trinajstić information content (AvgIpc) is 2.60. The van der Waals surface area contributed by atoms with Gasteiger partial charge in [-0.2, -0.15) is 0 Å². The number of rotatable bonds is 8. The monoisotopic (exact) mass is 320 g/mol. The van der Waals surface area contributed by atoms with Crippen LogP contribution in [0.5, 0.6) is 5.75 Å². The number of nitrogens with zero attached hydrogens (tertiary/aromatic N) is 2. The first-order chi connectivity index (χ1) is 11.4. The summed E-state index contributed by atoms with van der Waals surface area (Å²) in [5.41, 5.74) is 0. The summed E-state index contributed by atoms with van der Waals surface area (Å²) in [5.74, 6) is 1.74. The van der Waals surface area contributed by atoms with E-state index in [4.69, 9.17) is 9.47 Å². The van der Waals surface area contributed by atoms with Gasteiger partial charge in [0.15, 0.2) is 5.96 Å². The molecule has 0 amide bonds. The van der Waals surface area contributed by atoms with Gasteiger partial charge in [0.1, 0.15) is 12.4 Å². The van der Waals surface area contributed by atoms with Gasteiger partial charge in [0.25, 0.3) is 0 Å². The molecule has 1 saturated heterocycles. The fourth-order valence-electron chi connectivity index (χ4n) is 2.32. The highest BCUT2D eigenvalue weighted by molar-refractivity contribution is 5.79. The van der Waals surface area contributed by atoms with E-state index in [0.717, 1.165) is 64.2 Å². The van der Waals surface area contributed by atoms with Gasteiger partial charge in [0.05, 0.1) is 26.3 Å². The second kappa shape index (κ2) is 10.9. The van der Waals surface area contributed by atoms with Gasteiger partial charge in [0.2, 0.25) is 0 Å². The van der Waals surface area contributed by atoms with Crippen LogP contribution in [0.2, 0.25) is 0 Å². The topological polar surface area (TPSA) is 58.1 Å². The Kier molecular flexibility index (Phi) is 8.29. The Morgan fingerprint density at radius 1 is 1.22 bits per heavy atom. The molecule has 0 aliphatic carbocycles. The maximum Gasteiger partial charge on any atom is 0.191 e. The van der Waals surface area contributed by atoms with Crippen LogP contribution in [0.15, 0.2) is 35.3 Å². The third kappa shape index (κ3) is 7.34. The molecule has 1 aliphatic rings. The van der Waals surface area contributed by atoms with Crippen LogP contribution in [-0.2, 0) is 4.74 Å². The average molecular weight is 320 g/mol. The lowest BCUT2D eigenvalue weighted by Gasteiger charge is -2.25. The lowest BCUT2D eigenvalue weighted by Crippen LogP contribution is -2.41. The molecule has 6 nitrogen and oxygen atoms in total. The molecule has 0 radical (unpaired) electrons. The predicted molar refractivity (Wildman–Crippen MR) is 93.2 cm³/mol. The molecule has 1 fully saturated rings. The van der Waals surface area contributed by atoms with Crippen molar-refractivity contribution >= 4 is 5.96 Å². The quantitative estimate of drug-likeness (QED) is 0.424. The highest BCUT2D eigenvalue weighted by atomic mass is 16.5. The molecular formula is C17H28N4O2. The second-order valence-corrected chi connectivity index (χ2v) is 5.30. The molecule has 0 bridgehead atoms. The van der Waals surface area contributed by atoms with Crippen molar-refractivity contribution in [2.45, 2.75) is 6.92 Å². The first-order valence-corrected chi connectivity index (χ1v) is 8.38. The van der Waals surface area contributed by atoms with Crippen LogP contribution in [0.25, 0.3) is 0 Å². The summed E-state index contributed by atoms with van der Waals surface area (Å²) in [4.78, 5) is 6.99. The summed E-state index contributed by atoms with van der Waals surface area (Å²) in [6.45, 7) is 9.68. The molecule has 1 aromatic rings. The van der Waals surface area contributed by atoms with Crippen LogP contribution in [0.1, 0.15) is 6.92 Å². The van der Waals surface area contributed by atoms with Crippen molar-refractivity contribution in [1.29, 1.82) is 0 Å². The summed E-state index contributed by atoms with van der Waals surface area (Å²) in [5, 5.41) is 6.56. The highest BCUT2D eigenvalue weighted by Gasteiger charge is 2.09. The Labute approximate surface area is 138 Å². The molecule has 1 aromatic carbocycles. The first-order valence-electron chi connectivity index (χ1n) is 8.38. The third-order valence-corrected chi connectivity index (χ3v) is 3.54. The van der Waals surface area contributed by atoms with E-state index < -0.39 is 0 Å². The number of nitrogens with one attached hydrogen (secondary N) is 2. The standard InChI is InChI=1S/C17H28N4O2/c1-2-18-17(19-8-10-21-11-14-22-15-12-21)20-9-13-23-16-6-4-3-5-7-16/h3-7H,2,8-15H2,1H3,(H2,18,19,20). The van der Waals surface area contributed by atoms with E-state index in [1.807, 2.05) is 30.3 Å². The van der Waals surface area contributed by atoms with Gasteiger partial charge in [-0.05, 0) is 19.1 Å². The number of hydrogen-bond acceptors (Lipinski definition) is 4. The number of ether oxygens (including phenoxy) is 2. The first kappa shape index (κ1) is 17.6. The van der Waals surface area contributed by atoms with Crippen molar-refractivity contribution < 1.29 is 9.47 Å². The maximum absolute atomic E-state index is 5.67. The second-order valence-electron chi connectivity index (χ2n) is 5.30. The molecule has 0 atom stereocenters. The van der Waals surface area contributed by atoms with Gasteiger partial charge >= 0.3 is 0 Å². The van der Waals surface area contributed by atoms with Crippen molar-refractivity contribution in [3.8, 4) is 5.75 Å². The van der Waals surface area contributed by atoms with Gasteiger partial charge in [0, 0.05) is 26.2 Å². The van der Waals surface area contributed by atoms with Crippen LogP contribution in [0.4, 0.5) is 0 Å². The van der Waals surface area contributed by atoms with Gasteiger partial charge in [-0.3, -0.25) is 9.89 Å². The van der Waals surface area contributed by atoms with E-state index in [0.29, 0.717) is 6.61 Å². The number of guanidine groups is 1. The fourth-order valence-corrected chi connectivity index (χ4v) is 2.32. The number of benzene rings is 1. The van der Waals surface area contributed by atoms with E-state index in [1.165, 1.54) is 0 Å². The molecular weight excluding hydrogens is 292 g/mol. The van der Waals surface area contributed by atoms with E-state index in [2.05, 4.69) is 27.4 Å². The van der Waals surface area contributed by atoms with Crippen LogP contribution < -0.4 is 15.4 Å². The Morgan fingerprint density at radius 2 is 2.00 bits per heavy atom. The van der Waals surface area contributed by atoms with Gasteiger partial charge in [-0.25, -0.2) is 0 Å². The Balaban J connectivity index is 1.64. The van der Waals surface area contributed by atoms with E-state index in [9.17, 15) is 0 Å². The smallest absolute Gasteiger partial charge is 0.191 e. The van der Waals surface area contributed by atoms with E-state index in [-0.39, 0.29) is 0 Å². The number of morpholine rings is 1. The van der Waals surface area contributed by atoms with Crippen molar-refractivity contribution in [2.24, 2.45) is 4.99 Å². The maximum atomic E-state index is 5.67. The van der Waals surface area contributed by atoms with Gasteiger partial charge in [-0.15, -0.1) is 0 Å². The molecule has 0 unspecified atom stereocenters. The lowest BCUT2D eigenvalue weighted by atomic mass is 10.3. The van der Waals surface area contributed by atoms with Crippen molar-refractivity contribution in [1.82, 2.24) is 15.5 Å². The summed E-state index contributed by atoms with van der Waals surface area (Å²) < 4.78 is 11.0. The molecule has 6 heteroatoms.